The third-order valence-corrected chi connectivity index (χ3v) is 3.88. The normalized spacial score (nSPS) is 19.8. The van der Waals surface area contributed by atoms with Gasteiger partial charge in [0.2, 0.25) is 5.91 Å². The van der Waals surface area contributed by atoms with E-state index in [2.05, 4.69) is 4.90 Å². The number of nitrogens with two attached hydrogens (primary N) is 1. The molecule has 2 rings (SSSR count). The molecule has 108 valence electrons. The summed E-state index contributed by atoms with van der Waals surface area (Å²) in [5.74, 6) is -1.41. The van der Waals surface area contributed by atoms with Crippen LogP contribution in [0.2, 0.25) is 0 Å². The van der Waals surface area contributed by atoms with Crippen molar-refractivity contribution in [2.24, 2.45) is 11.7 Å². The van der Waals surface area contributed by atoms with E-state index in [4.69, 9.17) is 10.8 Å². The van der Waals surface area contributed by atoms with Gasteiger partial charge in [0.15, 0.2) is 0 Å². The predicted octanol–water partition coefficient (Wildman–Crippen LogP) is 1.39. The van der Waals surface area contributed by atoms with Gasteiger partial charge in [-0.1, -0.05) is 6.07 Å². The molecule has 1 aromatic carbocycles. The van der Waals surface area contributed by atoms with Crippen molar-refractivity contribution in [2.45, 2.75) is 26.3 Å². The van der Waals surface area contributed by atoms with E-state index in [1.54, 1.807) is 12.1 Å². The molecule has 5 heteroatoms. The monoisotopic (exact) mass is 276 g/mol. The molecule has 1 unspecified atom stereocenters. The molecule has 0 aliphatic carbocycles. The lowest BCUT2D eigenvalue weighted by atomic mass is 9.97. The van der Waals surface area contributed by atoms with Crippen molar-refractivity contribution >= 4 is 11.9 Å². The molecule has 20 heavy (non-hydrogen) atoms. The van der Waals surface area contributed by atoms with E-state index < -0.39 is 11.9 Å². The van der Waals surface area contributed by atoms with Gasteiger partial charge in [-0.15, -0.1) is 0 Å². The van der Waals surface area contributed by atoms with Crippen molar-refractivity contribution < 1.29 is 14.7 Å². The van der Waals surface area contributed by atoms with Gasteiger partial charge in [0.05, 0.1) is 5.92 Å². The summed E-state index contributed by atoms with van der Waals surface area (Å²) in [4.78, 5) is 24.3. The van der Waals surface area contributed by atoms with Gasteiger partial charge in [0, 0.05) is 18.7 Å². The molecule has 0 saturated carbocycles. The van der Waals surface area contributed by atoms with E-state index in [0.717, 1.165) is 30.5 Å². The number of carboxylic acids is 1. The van der Waals surface area contributed by atoms with E-state index in [9.17, 15) is 9.59 Å². The first-order valence-electron chi connectivity index (χ1n) is 6.82. The van der Waals surface area contributed by atoms with Crippen LogP contribution in [0.3, 0.4) is 0 Å². The molecule has 5 nitrogen and oxygen atoms in total. The number of amides is 1. The lowest BCUT2D eigenvalue weighted by molar-refractivity contribution is -0.143. The number of carboxylic acid groups (broad SMARTS) is 1. The van der Waals surface area contributed by atoms with Gasteiger partial charge in [0.25, 0.3) is 0 Å². The maximum absolute atomic E-state index is 11.1. The van der Waals surface area contributed by atoms with Crippen LogP contribution in [0.25, 0.3) is 0 Å². The van der Waals surface area contributed by atoms with Gasteiger partial charge in [-0.2, -0.15) is 0 Å². The van der Waals surface area contributed by atoms with E-state index in [1.807, 2.05) is 13.0 Å². The number of nitrogens with zero attached hydrogens (tertiary/aromatic N) is 1. The fourth-order valence-corrected chi connectivity index (χ4v) is 2.67. The van der Waals surface area contributed by atoms with Crippen molar-refractivity contribution in [1.82, 2.24) is 4.90 Å². The number of likely N-dealkylation sites (tertiary alicyclic amines) is 1. The lowest BCUT2D eigenvalue weighted by Crippen LogP contribution is -2.38. The van der Waals surface area contributed by atoms with Crippen LogP contribution in [0.5, 0.6) is 0 Å². The SMILES string of the molecule is Cc1cc(C(N)=O)ccc1CN1CCCC(C(=O)O)C1. The van der Waals surface area contributed by atoms with Crippen molar-refractivity contribution in [1.29, 1.82) is 0 Å². The fourth-order valence-electron chi connectivity index (χ4n) is 2.67. The lowest BCUT2D eigenvalue weighted by Gasteiger charge is -2.31. The predicted molar refractivity (Wildman–Crippen MR) is 75.3 cm³/mol. The standard InChI is InChI=1S/C15H20N2O3/c1-10-7-11(14(16)18)4-5-12(10)8-17-6-2-3-13(9-17)15(19)20/h4-5,7,13H,2-3,6,8-9H2,1H3,(H2,16,18)(H,19,20). The Kier molecular flexibility index (Phi) is 4.39. The summed E-state index contributed by atoms with van der Waals surface area (Å²) in [7, 11) is 0. The van der Waals surface area contributed by atoms with Crippen LogP contribution < -0.4 is 5.73 Å². The van der Waals surface area contributed by atoms with Crippen molar-refractivity contribution in [3.63, 3.8) is 0 Å². The maximum atomic E-state index is 11.1. The van der Waals surface area contributed by atoms with Crippen molar-refractivity contribution in [2.75, 3.05) is 13.1 Å². The molecule has 1 aliphatic rings. The van der Waals surface area contributed by atoms with E-state index in [-0.39, 0.29) is 5.92 Å². The number of aryl methyl sites for hydroxylation is 1. The van der Waals surface area contributed by atoms with Crippen LogP contribution in [0, 0.1) is 12.8 Å². The van der Waals surface area contributed by atoms with Gasteiger partial charge < -0.3 is 10.8 Å². The Balaban J connectivity index is 2.06. The molecule has 0 radical (unpaired) electrons. The number of carbonyl (C=O) groups excluding carboxylic acids is 1. The summed E-state index contributed by atoms with van der Waals surface area (Å²) < 4.78 is 0. The summed E-state index contributed by atoms with van der Waals surface area (Å²) in [5.41, 5.74) is 7.89. The Morgan fingerprint density at radius 1 is 1.45 bits per heavy atom. The molecule has 1 atom stereocenters. The van der Waals surface area contributed by atoms with Crippen LogP contribution in [0.1, 0.15) is 34.3 Å². The highest BCUT2D eigenvalue weighted by Crippen LogP contribution is 2.20. The molecule has 0 aromatic heterocycles. The first kappa shape index (κ1) is 14.5. The number of hydrogen-bond acceptors (Lipinski definition) is 3. The highest BCUT2D eigenvalue weighted by Gasteiger charge is 2.25. The second kappa shape index (κ2) is 6.05. The minimum absolute atomic E-state index is 0.269. The molecule has 1 amide bonds. The summed E-state index contributed by atoms with van der Waals surface area (Å²) >= 11 is 0. The van der Waals surface area contributed by atoms with Crippen LogP contribution >= 0.6 is 0 Å². The van der Waals surface area contributed by atoms with Crippen molar-refractivity contribution in [3.8, 4) is 0 Å². The number of carbonyl (C=O) groups is 2. The highest BCUT2D eigenvalue weighted by molar-refractivity contribution is 5.93. The minimum Gasteiger partial charge on any atom is -0.481 e. The smallest absolute Gasteiger partial charge is 0.307 e. The first-order chi connectivity index (χ1) is 9.47. The summed E-state index contributed by atoms with van der Waals surface area (Å²) in [6, 6.07) is 5.42. The Labute approximate surface area is 118 Å². The number of aliphatic carboxylic acids is 1. The van der Waals surface area contributed by atoms with Crippen LogP contribution in [-0.4, -0.2) is 35.0 Å². The molecular formula is C15H20N2O3. The Morgan fingerprint density at radius 2 is 2.20 bits per heavy atom. The molecule has 1 aliphatic heterocycles. The number of rotatable bonds is 4. The van der Waals surface area contributed by atoms with Gasteiger partial charge in [-0.3, -0.25) is 14.5 Å². The van der Waals surface area contributed by atoms with Gasteiger partial charge in [-0.05, 0) is 49.6 Å². The van der Waals surface area contributed by atoms with Gasteiger partial charge >= 0.3 is 5.97 Å². The molecule has 1 aromatic rings. The third kappa shape index (κ3) is 3.36. The molecule has 3 N–H and O–H groups in total. The molecular weight excluding hydrogens is 256 g/mol. The first-order valence-corrected chi connectivity index (χ1v) is 6.82. The fraction of sp³-hybridized carbons (Fsp3) is 0.467. The number of hydrogen-bond donors (Lipinski definition) is 2. The average molecular weight is 276 g/mol. The highest BCUT2D eigenvalue weighted by atomic mass is 16.4. The Morgan fingerprint density at radius 3 is 2.80 bits per heavy atom. The van der Waals surface area contributed by atoms with Gasteiger partial charge in [0.1, 0.15) is 0 Å². The summed E-state index contributed by atoms with van der Waals surface area (Å²) in [5, 5.41) is 9.10. The molecule has 0 bridgehead atoms. The second-order valence-corrected chi connectivity index (χ2v) is 5.42. The minimum atomic E-state index is -0.713. The number of primary amides is 1. The Bertz CT molecular complexity index is 528. The molecule has 1 fully saturated rings. The molecule has 1 heterocycles. The molecule has 0 spiro atoms. The molecule has 1 saturated heterocycles. The number of piperidine rings is 1. The van der Waals surface area contributed by atoms with E-state index in [0.29, 0.717) is 18.7 Å². The van der Waals surface area contributed by atoms with Crippen LogP contribution in [0.15, 0.2) is 18.2 Å². The zero-order valence-electron chi connectivity index (χ0n) is 11.6. The third-order valence-electron chi connectivity index (χ3n) is 3.88. The van der Waals surface area contributed by atoms with Crippen LogP contribution in [-0.2, 0) is 11.3 Å². The van der Waals surface area contributed by atoms with Gasteiger partial charge in [-0.25, -0.2) is 0 Å². The number of benzene rings is 1. The largest absolute Gasteiger partial charge is 0.481 e. The Hall–Kier alpha value is -1.88. The topological polar surface area (TPSA) is 83.6 Å². The van der Waals surface area contributed by atoms with E-state index in [1.165, 1.54) is 0 Å². The quantitative estimate of drug-likeness (QED) is 0.870. The summed E-state index contributed by atoms with van der Waals surface area (Å²) in [6.45, 7) is 4.17. The second-order valence-electron chi connectivity index (χ2n) is 5.42. The van der Waals surface area contributed by atoms with E-state index >= 15 is 0 Å². The zero-order valence-corrected chi connectivity index (χ0v) is 11.6. The maximum Gasteiger partial charge on any atom is 0.307 e. The summed E-state index contributed by atoms with van der Waals surface area (Å²) in [6.07, 6.45) is 1.67. The van der Waals surface area contributed by atoms with Crippen LogP contribution in [0.4, 0.5) is 0 Å². The zero-order chi connectivity index (χ0) is 14.7. The van der Waals surface area contributed by atoms with Crippen molar-refractivity contribution in [3.05, 3.63) is 34.9 Å². The average Bonchev–Trinajstić information content (AvgIpc) is 2.41.